The number of benzene rings is 2. The summed E-state index contributed by atoms with van der Waals surface area (Å²) >= 11 is 0. The summed E-state index contributed by atoms with van der Waals surface area (Å²) in [6.07, 6.45) is 4.99. The van der Waals surface area contributed by atoms with Crippen molar-refractivity contribution in [2.24, 2.45) is 5.10 Å². The number of para-hydroxylation sites is 1. The third-order valence-corrected chi connectivity index (χ3v) is 3.06. The second-order valence-corrected chi connectivity index (χ2v) is 4.59. The largest absolute Gasteiger partial charge is 0.507 e. The lowest BCUT2D eigenvalue weighted by Gasteiger charge is -2.02. The van der Waals surface area contributed by atoms with Gasteiger partial charge in [0.2, 0.25) is 5.95 Å². The number of aromatic hydroxyl groups is 1. The number of anilines is 1. The maximum atomic E-state index is 9.62. The molecule has 3 aromatic rings. The Morgan fingerprint density at radius 3 is 2.27 bits per heavy atom. The average molecular weight is 290 g/mol. The molecular formula is C17H14N4O. The Balaban J connectivity index is 1.68. The molecule has 5 nitrogen and oxygen atoms in total. The van der Waals surface area contributed by atoms with Crippen LogP contribution in [0.2, 0.25) is 0 Å². The van der Waals surface area contributed by atoms with E-state index in [9.17, 15) is 5.11 Å². The second-order valence-electron chi connectivity index (χ2n) is 4.59. The van der Waals surface area contributed by atoms with Crippen LogP contribution in [0.15, 0.2) is 72.1 Å². The van der Waals surface area contributed by atoms with Gasteiger partial charge in [0.1, 0.15) is 5.75 Å². The van der Waals surface area contributed by atoms with E-state index in [0.29, 0.717) is 11.5 Å². The van der Waals surface area contributed by atoms with Crippen LogP contribution in [0.4, 0.5) is 5.95 Å². The zero-order chi connectivity index (χ0) is 15.2. The number of hydrazone groups is 1. The minimum absolute atomic E-state index is 0.174. The normalized spacial score (nSPS) is 10.7. The molecule has 2 aromatic carbocycles. The molecule has 0 aliphatic rings. The molecule has 22 heavy (non-hydrogen) atoms. The summed E-state index contributed by atoms with van der Waals surface area (Å²) in [7, 11) is 0. The number of aromatic nitrogens is 2. The third kappa shape index (κ3) is 3.27. The van der Waals surface area contributed by atoms with Crippen LogP contribution in [0.1, 0.15) is 5.56 Å². The van der Waals surface area contributed by atoms with Gasteiger partial charge in [-0.2, -0.15) is 5.10 Å². The summed E-state index contributed by atoms with van der Waals surface area (Å²) in [4.78, 5) is 8.42. The van der Waals surface area contributed by atoms with E-state index in [1.807, 2.05) is 36.4 Å². The highest BCUT2D eigenvalue weighted by Gasteiger charge is 1.99. The first kappa shape index (κ1) is 13.8. The molecule has 2 N–H and O–H groups in total. The van der Waals surface area contributed by atoms with Crippen LogP contribution in [-0.4, -0.2) is 21.3 Å². The lowest BCUT2D eigenvalue weighted by molar-refractivity contribution is 0.474. The molecule has 0 aliphatic heterocycles. The van der Waals surface area contributed by atoms with Crippen molar-refractivity contribution in [3.05, 3.63) is 72.6 Å². The minimum Gasteiger partial charge on any atom is -0.507 e. The van der Waals surface area contributed by atoms with E-state index < -0.39 is 0 Å². The molecule has 0 atom stereocenters. The molecule has 0 spiro atoms. The molecule has 1 heterocycles. The molecule has 1 aromatic heterocycles. The summed E-state index contributed by atoms with van der Waals surface area (Å²) < 4.78 is 0. The molecule has 0 unspecified atom stereocenters. The van der Waals surface area contributed by atoms with Gasteiger partial charge in [0.05, 0.1) is 6.21 Å². The molecule has 5 heteroatoms. The number of nitrogens with zero attached hydrogens (tertiary/aromatic N) is 3. The van der Waals surface area contributed by atoms with Crippen molar-refractivity contribution < 1.29 is 5.11 Å². The molecule has 0 saturated heterocycles. The Hall–Kier alpha value is -3.21. The SMILES string of the molecule is Oc1ccccc1C=NNc1ncc(-c2ccccc2)cn1. The molecule has 3 rings (SSSR count). The van der Waals surface area contributed by atoms with Crippen LogP contribution >= 0.6 is 0 Å². The van der Waals surface area contributed by atoms with Crippen LogP contribution in [0, 0.1) is 0 Å². The first-order valence-corrected chi connectivity index (χ1v) is 6.77. The lowest BCUT2D eigenvalue weighted by atomic mass is 10.1. The Morgan fingerprint density at radius 2 is 1.55 bits per heavy atom. The van der Waals surface area contributed by atoms with Crippen molar-refractivity contribution in [3.63, 3.8) is 0 Å². The standard InChI is InChI=1S/C17H14N4O/c22-16-9-5-4-8-14(16)12-20-21-17-18-10-15(11-19-17)13-6-2-1-3-7-13/h1-12,22H,(H,18,19,21). The third-order valence-electron chi connectivity index (χ3n) is 3.06. The van der Waals surface area contributed by atoms with E-state index in [4.69, 9.17) is 0 Å². The van der Waals surface area contributed by atoms with Gasteiger partial charge in [0.15, 0.2) is 0 Å². The molecule has 0 fully saturated rings. The van der Waals surface area contributed by atoms with E-state index >= 15 is 0 Å². The summed E-state index contributed by atoms with van der Waals surface area (Å²) in [5.74, 6) is 0.569. The fourth-order valence-electron chi connectivity index (χ4n) is 1.92. The van der Waals surface area contributed by atoms with Gasteiger partial charge in [-0.1, -0.05) is 42.5 Å². The maximum Gasteiger partial charge on any atom is 0.243 e. The first-order chi connectivity index (χ1) is 10.8. The van der Waals surface area contributed by atoms with Crippen molar-refractivity contribution in [2.45, 2.75) is 0 Å². The van der Waals surface area contributed by atoms with Crippen molar-refractivity contribution >= 4 is 12.2 Å². The fraction of sp³-hybridized carbons (Fsp3) is 0. The van der Waals surface area contributed by atoms with Crippen LogP contribution in [-0.2, 0) is 0 Å². The number of phenols is 1. The van der Waals surface area contributed by atoms with E-state index in [1.165, 1.54) is 6.21 Å². The van der Waals surface area contributed by atoms with E-state index in [2.05, 4.69) is 20.5 Å². The molecule has 108 valence electrons. The Bertz CT molecular complexity index is 770. The average Bonchev–Trinajstić information content (AvgIpc) is 2.58. The van der Waals surface area contributed by atoms with E-state index in [0.717, 1.165) is 11.1 Å². The minimum atomic E-state index is 0.174. The zero-order valence-electron chi connectivity index (χ0n) is 11.7. The van der Waals surface area contributed by atoms with Crippen molar-refractivity contribution in [1.82, 2.24) is 9.97 Å². The van der Waals surface area contributed by atoms with Crippen LogP contribution in [0.5, 0.6) is 5.75 Å². The lowest BCUT2D eigenvalue weighted by Crippen LogP contribution is -1.96. The number of hydrogen-bond donors (Lipinski definition) is 2. The Morgan fingerprint density at radius 1 is 0.864 bits per heavy atom. The van der Waals surface area contributed by atoms with Gasteiger partial charge in [-0.15, -0.1) is 0 Å². The summed E-state index contributed by atoms with van der Waals surface area (Å²) in [5, 5.41) is 13.6. The van der Waals surface area contributed by atoms with Gasteiger partial charge in [-0.3, -0.25) is 0 Å². The van der Waals surface area contributed by atoms with Crippen molar-refractivity contribution in [1.29, 1.82) is 0 Å². The molecule has 0 radical (unpaired) electrons. The molecule has 0 aliphatic carbocycles. The molecule has 0 amide bonds. The Labute approximate surface area is 128 Å². The zero-order valence-corrected chi connectivity index (χ0v) is 11.7. The second kappa shape index (κ2) is 6.49. The Kier molecular flexibility index (Phi) is 4.06. The number of hydrogen-bond acceptors (Lipinski definition) is 5. The molecule has 0 bridgehead atoms. The fourth-order valence-corrected chi connectivity index (χ4v) is 1.92. The van der Waals surface area contributed by atoms with Gasteiger partial charge < -0.3 is 5.11 Å². The molecule has 0 saturated carbocycles. The summed E-state index contributed by atoms with van der Waals surface area (Å²) in [5.41, 5.74) is 5.36. The predicted octanol–water partition coefficient (Wildman–Crippen LogP) is 3.30. The quantitative estimate of drug-likeness (QED) is 0.571. The summed E-state index contributed by atoms with van der Waals surface area (Å²) in [6, 6.07) is 16.9. The van der Waals surface area contributed by atoms with E-state index in [1.54, 1.807) is 30.6 Å². The van der Waals surface area contributed by atoms with Gasteiger partial charge in [0.25, 0.3) is 0 Å². The smallest absolute Gasteiger partial charge is 0.243 e. The van der Waals surface area contributed by atoms with Gasteiger partial charge in [-0.25, -0.2) is 15.4 Å². The number of nitrogens with one attached hydrogen (secondary N) is 1. The monoisotopic (exact) mass is 290 g/mol. The van der Waals surface area contributed by atoms with Gasteiger partial charge >= 0.3 is 0 Å². The topological polar surface area (TPSA) is 70.4 Å². The molecular weight excluding hydrogens is 276 g/mol. The summed E-state index contributed by atoms with van der Waals surface area (Å²) in [6.45, 7) is 0. The van der Waals surface area contributed by atoms with Crippen LogP contribution in [0.3, 0.4) is 0 Å². The van der Waals surface area contributed by atoms with E-state index in [-0.39, 0.29) is 5.75 Å². The number of phenolic OH excluding ortho intramolecular Hbond substituents is 1. The van der Waals surface area contributed by atoms with Crippen LogP contribution < -0.4 is 5.43 Å². The van der Waals surface area contributed by atoms with Gasteiger partial charge in [0, 0.05) is 23.5 Å². The van der Waals surface area contributed by atoms with Gasteiger partial charge in [-0.05, 0) is 17.7 Å². The van der Waals surface area contributed by atoms with Crippen LogP contribution in [0.25, 0.3) is 11.1 Å². The predicted molar refractivity (Wildman–Crippen MR) is 86.8 cm³/mol. The highest BCUT2D eigenvalue weighted by atomic mass is 16.3. The maximum absolute atomic E-state index is 9.62. The highest BCUT2D eigenvalue weighted by molar-refractivity contribution is 5.83. The van der Waals surface area contributed by atoms with Crippen molar-refractivity contribution in [2.75, 3.05) is 5.43 Å². The first-order valence-electron chi connectivity index (χ1n) is 6.77. The van der Waals surface area contributed by atoms with Crippen molar-refractivity contribution in [3.8, 4) is 16.9 Å². The number of rotatable bonds is 4. The highest BCUT2D eigenvalue weighted by Crippen LogP contribution is 2.17.